The zero-order valence-corrected chi connectivity index (χ0v) is 13.8. The number of carbonyl (C=O) groups excluding carboxylic acids is 2. The fourth-order valence-corrected chi connectivity index (χ4v) is 2.18. The molecular weight excluding hydrogens is 304 g/mol. The second-order valence-electron chi connectivity index (χ2n) is 5.24. The molecule has 2 aromatic rings. The Bertz CT molecular complexity index is 769. The number of anilines is 1. The van der Waals surface area contributed by atoms with Gasteiger partial charge in [0.1, 0.15) is 5.75 Å². The third-order valence-corrected chi connectivity index (χ3v) is 3.40. The van der Waals surface area contributed by atoms with Crippen LogP contribution in [0.25, 0.3) is 0 Å². The summed E-state index contributed by atoms with van der Waals surface area (Å²) in [4.78, 5) is 24.4. The van der Waals surface area contributed by atoms with Crippen LogP contribution >= 0.6 is 0 Å². The van der Waals surface area contributed by atoms with Crippen LogP contribution in [0.4, 0.5) is 5.69 Å². The van der Waals surface area contributed by atoms with Crippen molar-refractivity contribution < 1.29 is 14.3 Å². The monoisotopic (exact) mass is 324 g/mol. The Morgan fingerprint density at radius 2 is 1.83 bits per heavy atom. The molecule has 0 radical (unpaired) electrons. The summed E-state index contributed by atoms with van der Waals surface area (Å²) in [6, 6.07) is 12.1. The van der Waals surface area contributed by atoms with Crippen molar-refractivity contribution in [3.8, 4) is 5.75 Å². The predicted molar refractivity (Wildman–Crippen MR) is 94.7 cm³/mol. The molecule has 0 fully saturated rings. The summed E-state index contributed by atoms with van der Waals surface area (Å²) in [5.41, 5.74) is 2.40. The quantitative estimate of drug-likeness (QED) is 0.802. The highest BCUT2D eigenvalue weighted by Crippen LogP contribution is 2.25. The van der Waals surface area contributed by atoms with Crippen LogP contribution in [0.15, 0.2) is 55.1 Å². The van der Waals surface area contributed by atoms with Gasteiger partial charge in [0.25, 0.3) is 11.8 Å². The van der Waals surface area contributed by atoms with Gasteiger partial charge in [-0.1, -0.05) is 18.2 Å². The molecule has 0 saturated heterocycles. The van der Waals surface area contributed by atoms with Gasteiger partial charge < -0.3 is 15.4 Å². The van der Waals surface area contributed by atoms with E-state index in [9.17, 15) is 9.59 Å². The Morgan fingerprint density at radius 1 is 1.12 bits per heavy atom. The van der Waals surface area contributed by atoms with Gasteiger partial charge in [0.15, 0.2) is 0 Å². The van der Waals surface area contributed by atoms with Crippen LogP contribution in [0.1, 0.15) is 26.3 Å². The zero-order valence-electron chi connectivity index (χ0n) is 13.8. The van der Waals surface area contributed by atoms with Crippen LogP contribution in [-0.2, 0) is 0 Å². The maximum atomic E-state index is 12.5. The van der Waals surface area contributed by atoms with Crippen LogP contribution in [0.5, 0.6) is 5.75 Å². The maximum Gasteiger partial charge on any atom is 0.255 e. The number of nitrogens with one attached hydrogen (secondary N) is 2. The van der Waals surface area contributed by atoms with Gasteiger partial charge in [-0.3, -0.25) is 9.59 Å². The molecule has 0 atom stereocenters. The molecule has 0 aromatic heterocycles. The predicted octanol–water partition coefficient (Wildman–Crippen LogP) is 3.17. The lowest BCUT2D eigenvalue weighted by Gasteiger charge is -2.11. The summed E-state index contributed by atoms with van der Waals surface area (Å²) in [7, 11) is 1.55. The van der Waals surface area contributed by atoms with Gasteiger partial charge in [-0.15, -0.1) is 6.58 Å². The van der Waals surface area contributed by atoms with Crippen molar-refractivity contribution >= 4 is 17.5 Å². The van der Waals surface area contributed by atoms with Crippen molar-refractivity contribution in [1.29, 1.82) is 0 Å². The lowest BCUT2D eigenvalue weighted by molar-refractivity contribution is 0.0958. The molecule has 0 aliphatic heterocycles. The van der Waals surface area contributed by atoms with E-state index in [-0.39, 0.29) is 11.8 Å². The van der Waals surface area contributed by atoms with Crippen LogP contribution < -0.4 is 15.4 Å². The van der Waals surface area contributed by atoms with Crippen LogP contribution in [-0.4, -0.2) is 25.5 Å². The summed E-state index contributed by atoms with van der Waals surface area (Å²) in [6.07, 6.45) is 1.60. The van der Waals surface area contributed by atoms with Crippen molar-refractivity contribution in [1.82, 2.24) is 5.32 Å². The number of rotatable bonds is 6. The van der Waals surface area contributed by atoms with Gasteiger partial charge in [-0.2, -0.15) is 0 Å². The third-order valence-electron chi connectivity index (χ3n) is 3.40. The van der Waals surface area contributed by atoms with Gasteiger partial charge >= 0.3 is 0 Å². The molecule has 2 rings (SSSR count). The smallest absolute Gasteiger partial charge is 0.255 e. The fourth-order valence-electron chi connectivity index (χ4n) is 2.18. The normalized spacial score (nSPS) is 9.92. The number of methoxy groups -OCH3 is 1. The summed E-state index contributed by atoms with van der Waals surface area (Å²) in [5, 5.41) is 5.50. The second-order valence-corrected chi connectivity index (χ2v) is 5.24. The Labute approximate surface area is 141 Å². The number of hydrogen-bond acceptors (Lipinski definition) is 3. The molecule has 0 saturated carbocycles. The number of carbonyl (C=O) groups is 2. The average molecular weight is 324 g/mol. The average Bonchev–Trinajstić information content (AvgIpc) is 2.60. The van der Waals surface area contributed by atoms with Crippen LogP contribution in [0.3, 0.4) is 0 Å². The number of aryl methyl sites for hydroxylation is 1. The van der Waals surface area contributed by atoms with E-state index in [1.165, 1.54) is 0 Å². The third kappa shape index (κ3) is 4.23. The van der Waals surface area contributed by atoms with Crippen molar-refractivity contribution in [3.63, 3.8) is 0 Å². The van der Waals surface area contributed by atoms with Crippen molar-refractivity contribution in [2.24, 2.45) is 0 Å². The first kappa shape index (κ1) is 17.3. The van der Waals surface area contributed by atoms with E-state index < -0.39 is 0 Å². The molecule has 124 valence electrons. The SMILES string of the molecule is C=CCNC(=O)c1cccc(C(=O)Nc2cc(C)ccc2OC)c1. The van der Waals surface area contributed by atoms with Gasteiger partial charge in [0.2, 0.25) is 0 Å². The number of ether oxygens (including phenoxy) is 1. The second kappa shape index (κ2) is 7.97. The first-order valence-electron chi connectivity index (χ1n) is 7.50. The number of hydrogen-bond donors (Lipinski definition) is 2. The Hall–Kier alpha value is -3.08. The van der Waals surface area contributed by atoms with Gasteiger partial charge in [0.05, 0.1) is 12.8 Å². The summed E-state index contributed by atoms with van der Waals surface area (Å²) < 4.78 is 5.26. The molecule has 5 heteroatoms. The van der Waals surface area contributed by atoms with Crippen molar-refractivity contribution in [2.45, 2.75) is 6.92 Å². The van der Waals surface area contributed by atoms with E-state index in [2.05, 4.69) is 17.2 Å². The summed E-state index contributed by atoms with van der Waals surface area (Å²) in [5.74, 6) is 0.0174. The van der Waals surface area contributed by atoms with E-state index >= 15 is 0 Å². The van der Waals surface area contributed by atoms with Crippen molar-refractivity contribution in [3.05, 3.63) is 71.8 Å². The van der Waals surface area contributed by atoms with Crippen molar-refractivity contribution in [2.75, 3.05) is 19.0 Å². The highest BCUT2D eigenvalue weighted by Gasteiger charge is 2.12. The molecule has 0 heterocycles. The number of amides is 2. The molecule has 0 aliphatic rings. The molecule has 2 amide bonds. The molecule has 0 unspecified atom stereocenters. The Balaban J connectivity index is 2.20. The van der Waals surface area contributed by atoms with Gasteiger partial charge in [-0.05, 0) is 42.8 Å². The fraction of sp³-hybridized carbons (Fsp3) is 0.158. The topological polar surface area (TPSA) is 67.4 Å². The van der Waals surface area contributed by atoms with E-state index in [4.69, 9.17) is 4.74 Å². The Morgan fingerprint density at radius 3 is 2.50 bits per heavy atom. The first-order chi connectivity index (χ1) is 11.5. The number of benzene rings is 2. The van der Waals surface area contributed by atoms with E-state index in [0.717, 1.165) is 5.56 Å². The minimum atomic E-state index is -0.308. The van der Waals surface area contributed by atoms with Gasteiger partial charge in [-0.25, -0.2) is 0 Å². The summed E-state index contributed by atoms with van der Waals surface area (Å²) >= 11 is 0. The minimum Gasteiger partial charge on any atom is -0.495 e. The molecule has 0 bridgehead atoms. The standard InChI is InChI=1S/C19H20N2O3/c1-4-10-20-18(22)14-6-5-7-15(12-14)19(23)21-16-11-13(2)8-9-17(16)24-3/h4-9,11-12H,1,10H2,2-3H3,(H,20,22)(H,21,23). The molecule has 0 aliphatic carbocycles. The minimum absolute atomic E-state index is 0.252. The largest absolute Gasteiger partial charge is 0.495 e. The van der Waals surface area contributed by atoms with E-state index in [1.54, 1.807) is 43.5 Å². The highest BCUT2D eigenvalue weighted by molar-refractivity contribution is 6.06. The lowest BCUT2D eigenvalue weighted by Crippen LogP contribution is -2.23. The highest BCUT2D eigenvalue weighted by atomic mass is 16.5. The van der Waals surface area contributed by atoms with Crippen LogP contribution in [0, 0.1) is 6.92 Å². The molecular formula is C19H20N2O3. The molecule has 2 aromatic carbocycles. The van der Waals surface area contributed by atoms with Gasteiger partial charge in [0, 0.05) is 17.7 Å². The molecule has 2 N–H and O–H groups in total. The van der Waals surface area contributed by atoms with Crippen LogP contribution in [0.2, 0.25) is 0 Å². The molecule has 0 spiro atoms. The maximum absolute atomic E-state index is 12.5. The van der Waals surface area contributed by atoms with E-state index in [1.807, 2.05) is 19.1 Å². The molecule has 24 heavy (non-hydrogen) atoms. The Kier molecular flexibility index (Phi) is 5.73. The van der Waals surface area contributed by atoms with E-state index in [0.29, 0.717) is 29.1 Å². The lowest BCUT2D eigenvalue weighted by atomic mass is 10.1. The molecule has 5 nitrogen and oxygen atoms in total. The first-order valence-corrected chi connectivity index (χ1v) is 7.50. The summed E-state index contributed by atoms with van der Waals surface area (Å²) in [6.45, 7) is 5.85. The zero-order chi connectivity index (χ0) is 17.5.